The Morgan fingerprint density at radius 1 is 0.500 bits per heavy atom. The van der Waals surface area contributed by atoms with Gasteiger partial charge in [-0.15, -0.1) is 0 Å². The third-order valence-electron chi connectivity index (χ3n) is 14.3. The van der Waals surface area contributed by atoms with Crippen molar-refractivity contribution in [3.05, 3.63) is 166 Å². The van der Waals surface area contributed by atoms with Gasteiger partial charge in [0.25, 0.3) is 0 Å². The Hall–Kier alpha value is -6.76. The second-order valence-electron chi connectivity index (χ2n) is 22.3. The third-order valence-corrected chi connectivity index (χ3v) is 14.3. The first-order valence-electron chi connectivity index (χ1n) is 26.1. The number of hydrogen-bond donors (Lipinski definition) is 2. The molecule has 0 saturated heterocycles. The van der Waals surface area contributed by atoms with Crippen molar-refractivity contribution in [2.45, 2.75) is 117 Å². The lowest BCUT2D eigenvalue weighted by Gasteiger charge is -2.32. The van der Waals surface area contributed by atoms with Crippen LogP contribution >= 0.6 is 0 Å². The predicted octanol–water partition coefficient (Wildman–Crippen LogP) is 15.6. The van der Waals surface area contributed by atoms with Crippen LogP contribution in [0.4, 0.5) is 8.78 Å². The van der Waals surface area contributed by atoms with Gasteiger partial charge in [-0.25, -0.2) is 8.78 Å². The van der Waals surface area contributed by atoms with Gasteiger partial charge in [0.1, 0.15) is 47.8 Å². The molecule has 0 aromatic heterocycles. The molecular formula is C64H74F2O10. The Balaban J connectivity index is 0.000000221. The SMILES string of the molecule is COc1ccc(F)c(-c2ccc(COc3cccc([C@H](CC(=O)O)C4CC4)c3)cc2[C@@H](OC)C(C)(C)C)c1.COc1ccc(F)c(-c2ccc(COc3cccc([C@H](CC(=O)O)C4CC4)c3)cc2[C@H](OC)C(C)(C)C)c1. The molecule has 8 rings (SSSR count). The van der Waals surface area contributed by atoms with Crippen LogP contribution in [0.15, 0.2) is 121 Å². The van der Waals surface area contributed by atoms with Gasteiger partial charge in [0, 0.05) is 25.3 Å². The van der Waals surface area contributed by atoms with Crippen LogP contribution in [0.25, 0.3) is 22.3 Å². The van der Waals surface area contributed by atoms with Crippen LogP contribution in [0.1, 0.15) is 137 Å². The molecule has 76 heavy (non-hydrogen) atoms. The largest absolute Gasteiger partial charge is 0.497 e. The van der Waals surface area contributed by atoms with E-state index < -0.39 is 11.9 Å². The Labute approximate surface area is 447 Å². The summed E-state index contributed by atoms with van der Waals surface area (Å²) in [6, 6.07) is 36.7. The molecule has 12 heteroatoms. The fourth-order valence-corrected chi connectivity index (χ4v) is 10.4. The smallest absolute Gasteiger partial charge is 0.303 e. The molecule has 2 saturated carbocycles. The maximum absolute atomic E-state index is 15.0. The fraction of sp³-hybridized carbons (Fsp3) is 0.406. The van der Waals surface area contributed by atoms with Gasteiger partial charge in [-0.2, -0.15) is 0 Å². The summed E-state index contributed by atoms with van der Waals surface area (Å²) in [5, 5.41) is 18.7. The quantitative estimate of drug-likeness (QED) is 0.0678. The van der Waals surface area contributed by atoms with Crippen molar-refractivity contribution in [1.29, 1.82) is 0 Å². The Bertz CT molecular complexity index is 2750. The minimum Gasteiger partial charge on any atom is -0.497 e. The van der Waals surface area contributed by atoms with Gasteiger partial charge in [-0.3, -0.25) is 9.59 Å². The molecule has 2 aliphatic rings. The molecule has 0 bridgehead atoms. The molecule has 0 spiro atoms. The molecule has 0 unspecified atom stereocenters. The molecule has 2 fully saturated rings. The fourth-order valence-electron chi connectivity index (χ4n) is 10.4. The Kier molecular flexibility index (Phi) is 18.7. The maximum Gasteiger partial charge on any atom is 0.303 e. The van der Waals surface area contributed by atoms with Crippen LogP contribution in [0.2, 0.25) is 0 Å². The number of carbonyl (C=O) groups is 2. The van der Waals surface area contributed by atoms with Gasteiger partial charge in [-0.1, -0.05) is 90.1 Å². The van der Waals surface area contributed by atoms with Crippen molar-refractivity contribution in [1.82, 2.24) is 0 Å². The highest BCUT2D eigenvalue weighted by Crippen LogP contribution is 2.48. The molecule has 0 heterocycles. The first kappa shape index (κ1) is 57.0. The number of methoxy groups -OCH3 is 4. The predicted molar refractivity (Wildman–Crippen MR) is 292 cm³/mol. The number of carboxylic acids is 2. The summed E-state index contributed by atoms with van der Waals surface area (Å²) in [6.07, 6.45) is 3.96. The summed E-state index contributed by atoms with van der Waals surface area (Å²) in [5.41, 5.74) is 7.52. The monoisotopic (exact) mass is 1040 g/mol. The normalized spacial score (nSPS) is 15.1. The lowest BCUT2D eigenvalue weighted by molar-refractivity contribution is -0.138. The molecule has 2 N–H and O–H groups in total. The van der Waals surface area contributed by atoms with Crippen LogP contribution in [0.5, 0.6) is 23.0 Å². The van der Waals surface area contributed by atoms with E-state index in [1.807, 2.05) is 84.9 Å². The van der Waals surface area contributed by atoms with Crippen LogP contribution in [0.3, 0.4) is 0 Å². The average Bonchev–Trinajstić information content (AvgIpc) is 4.34. The van der Waals surface area contributed by atoms with E-state index in [0.29, 0.717) is 59.2 Å². The lowest BCUT2D eigenvalue weighted by atomic mass is 9.81. The summed E-state index contributed by atoms with van der Waals surface area (Å²) in [5.74, 6) is 1.21. The van der Waals surface area contributed by atoms with Crippen molar-refractivity contribution in [2.24, 2.45) is 22.7 Å². The number of rotatable bonds is 22. The van der Waals surface area contributed by atoms with E-state index in [1.54, 1.807) is 52.7 Å². The lowest BCUT2D eigenvalue weighted by Crippen LogP contribution is -2.21. The van der Waals surface area contributed by atoms with Gasteiger partial charge >= 0.3 is 11.9 Å². The Morgan fingerprint density at radius 2 is 0.882 bits per heavy atom. The van der Waals surface area contributed by atoms with E-state index in [2.05, 4.69) is 41.5 Å². The zero-order valence-electron chi connectivity index (χ0n) is 45.6. The van der Waals surface area contributed by atoms with Crippen LogP contribution in [0, 0.1) is 34.3 Å². The molecule has 404 valence electrons. The first-order valence-corrected chi connectivity index (χ1v) is 26.1. The van der Waals surface area contributed by atoms with Gasteiger partial charge in [0.2, 0.25) is 0 Å². The maximum atomic E-state index is 15.0. The van der Waals surface area contributed by atoms with Crippen LogP contribution < -0.4 is 18.9 Å². The number of carboxylic acid groups (broad SMARTS) is 2. The molecule has 0 aliphatic heterocycles. The summed E-state index contributed by atoms with van der Waals surface area (Å²) in [6.45, 7) is 13.2. The zero-order valence-corrected chi connectivity index (χ0v) is 45.6. The summed E-state index contributed by atoms with van der Waals surface area (Å²) >= 11 is 0. The van der Waals surface area contributed by atoms with Crippen molar-refractivity contribution in [2.75, 3.05) is 28.4 Å². The topological polar surface area (TPSA) is 130 Å². The number of ether oxygens (including phenoxy) is 6. The second kappa shape index (κ2) is 24.9. The van der Waals surface area contributed by atoms with Gasteiger partial charge < -0.3 is 38.6 Å². The minimum atomic E-state index is -0.778. The van der Waals surface area contributed by atoms with E-state index in [1.165, 1.54) is 12.1 Å². The van der Waals surface area contributed by atoms with Crippen molar-refractivity contribution in [3.8, 4) is 45.3 Å². The molecule has 2 aliphatic carbocycles. The van der Waals surface area contributed by atoms with E-state index in [0.717, 1.165) is 70.2 Å². The number of benzene rings is 6. The summed E-state index contributed by atoms with van der Waals surface area (Å²) < 4.78 is 64.9. The highest BCUT2D eigenvalue weighted by atomic mass is 19.1. The van der Waals surface area contributed by atoms with Gasteiger partial charge in [0.05, 0.1) is 39.3 Å². The standard InChI is InChI=1S/2C32H37FO5/c2*1-32(2,3)31(37-5)28-15-20(9-13-25(28)27-17-23(36-4)12-14-29(27)33)19-38-24-8-6-7-22(16-24)26(18-30(34)35)21-10-11-21/h2*6-9,12-17,21,26,31H,10-11,18-19H2,1-5H3,(H,34,35)/t26-,31+;26-,31-/m11/s1. The van der Waals surface area contributed by atoms with E-state index >= 15 is 0 Å². The molecule has 0 radical (unpaired) electrons. The van der Waals surface area contributed by atoms with E-state index in [-0.39, 0.29) is 59.3 Å². The molecule has 0 amide bonds. The first-order chi connectivity index (χ1) is 36.2. The van der Waals surface area contributed by atoms with Crippen LogP contribution in [-0.2, 0) is 32.3 Å². The van der Waals surface area contributed by atoms with Crippen LogP contribution in [-0.4, -0.2) is 50.6 Å². The number of aliphatic carboxylic acids is 2. The molecule has 6 aromatic carbocycles. The molecule has 10 nitrogen and oxygen atoms in total. The highest BCUT2D eigenvalue weighted by molar-refractivity contribution is 5.72. The molecule has 4 atom stereocenters. The van der Waals surface area contributed by atoms with Gasteiger partial charge in [0.15, 0.2) is 0 Å². The average molecular weight is 1040 g/mol. The zero-order chi connectivity index (χ0) is 54.9. The minimum absolute atomic E-state index is 0.00828. The Morgan fingerprint density at radius 3 is 1.20 bits per heavy atom. The second-order valence-corrected chi connectivity index (χ2v) is 22.3. The highest BCUT2D eigenvalue weighted by Gasteiger charge is 2.36. The van der Waals surface area contributed by atoms with Gasteiger partial charge in [-0.05, 0) is 177 Å². The van der Waals surface area contributed by atoms with E-state index in [4.69, 9.17) is 28.4 Å². The third kappa shape index (κ3) is 14.8. The molecule has 6 aromatic rings. The van der Waals surface area contributed by atoms with Crippen molar-refractivity contribution >= 4 is 11.9 Å². The van der Waals surface area contributed by atoms with Crippen molar-refractivity contribution in [3.63, 3.8) is 0 Å². The molecular weight excluding hydrogens is 967 g/mol. The van der Waals surface area contributed by atoms with E-state index in [9.17, 15) is 28.6 Å². The van der Waals surface area contributed by atoms with Crippen molar-refractivity contribution < 1.29 is 57.0 Å². The summed E-state index contributed by atoms with van der Waals surface area (Å²) in [4.78, 5) is 22.8. The number of hydrogen-bond acceptors (Lipinski definition) is 8. The number of halogens is 2. The summed E-state index contributed by atoms with van der Waals surface area (Å²) in [7, 11) is 6.47.